The van der Waals surface area contributed by atoms with E-state index in [0.717, 1.165) is 5.56 Å². The first-order valence-corrected chi connectivity index (χ1v) is 11.7. The van der Waals surface area contributed by atoms with E-state index in [9.17, 15) is 24.5 Å². The first-order valence-electron chi connectivity index (χ1n) is 11.7. The minimum absolute atomic E-state index is 0.139. The van der Waals surface area contributed by atoms with E-state index in [4.69, 9.17) is 4.74 Å². The molecule has 0 aliphatic rings. The summed E-state index contributed by atoms with van der Waals surface area (Å²) in [6.07, 6.45) is 1.57. The first kappa shape index (κ1) is 26.4. The third kappa shape index (κ3) is 7.43. The lowest BCUT2D eigenvalue weighted by Crippen LogP contribution is -2.18. The number of amides is 2. The topological polar surface area (TPSA) is 140 Å². The molecule has 0 saturated heterocycles. The Labute approximate surface area is 223 Å². The van der Waals surface area contributed by atoms with Crippen molar-refractivity contribution in [1.29, 1.82) is 0 Å². The molecule has 2 amide bonds. The number of hydrazone groups is 1. The van der Waals surface area contributed by atoms with Crippen LogP contribution in [0.15, 0.2) is 108 Å². The molecule has 10 heteroatoms. The van der Waals surface area contributed by atoms with Crippen molar-refractivity contribution in [3.8, 4) is 5.75 Å². The van der Waals surface area contributed by atoms with Crippen LogP contribution in [0.25, 0.3) is 0 Å². The summed E-state index contributed by atoms with van der Waals surface area (Å²) in [5.41, 5.74) is 4.60. The molecule has 0 heterocycles. The fourth-order valence-electron chi connectivity index (χ4n) is 3.47. The van der Waals surface area contributed by atoms with Gasteiger partial charge in [-0.05, 0) is 54.1 Å². The molecule has 0 bridgehead atoms. The van der Waals surface area contributed by atoms with Crippen molar-refractivity contribution in [2.24, 2.45) is 5.10 Å². The van der Waals surface area contributed by atoms with Crippen LogP contribution in [0.4, 0.5) is 11.4 Å². The van der Waals surface area contributed by atoms with Gasteiger partial charge in [-0.15, -0.1) is 0 Å². The largest absolute Gasteiger partial charge is 0.422 e. The Morgan fingerprint density at radius 2 is 1.46 bits per heavy atom. The minimum Gasteiger partial charge on any atom is -0.422 e. The van der Waals surface area contributed by atoms with Crippen LogP contribution >= 0.6 is 0 Å². The summed E-state index contributed by atoms with van der Waals surface area (Å²) >= 11 is 0. The highest BCUT2D eigenvalue weighted by molar-refractivity contribution is 5.97. The molecule has 194 valence electrons. The van der Waals surface area contributed by atoms with Crippen molar-refractivity contribution in [1.82, 2.24) is 5.43 Å². The Balaban J connectivity index is 1.33. The molecular formula is C29H22N4O6. The molecule has 0 atom stereocenters. The Hall–Kier alpha value is -5.64. The average Bonchev–Trinajstić information content (AvgIpc) is 2.94. The Morgan fingerprint density at radius 1 is 0.821 bits per heavy atom. The molecule has 0 spiro atoms. The molecule has 39 heavy (non-hydrogen) atoms. The summed E-state index contributed by atoms with van der Waals surface area (Å²) in [6, 6.07) is 27.3. The number of nitro groups is 1. The third-order valence-electron chi connectivity index (χ3n) is 5.44. The Morgan fingerprint density at radius 3 is 2.15 bits per heavy atom. The molecule has 0 radical (unpaired) electrons. The van der Waals surface area contributed by atoms with E-state index in [1.807, 2.05) is 30.3 Å². The zero-order valence-corrected chi connectivity index (χ0v) is 20.4. The van der Waals surface area contributed by atoms with Crippen LogP contribution < -0.4 is 15.5 Å². The maximum atomic E-state index is 12.5. The number of benzene rings is 4. The Bertz CT molecular complexity index is 1520. The first-order chi connectivity index (χ1) is 18.9. The molecule has 4 rings (SSSR count). The van der Waals surface area contributed by atoms with Crippen molar-refractivity contribution >= 4 is 35.4 Å². The normalized spacial score (nSPS) is 10.6. The molecule has 2 N–H and O–H groups in total. The van der Waals surface area contributed by atoms with Crippen molar-refractivity contribution in [2.45, 2.75) is 6.42 Å². The monoisotopic (exact) mass is 522 g/mol. The zero-order valence-electron chi connectivity index (χ0n) is 20.4. The van der Waals surface area contributed by atoms with Crippen LogP contribution in [0.5, 0.6) is 5.75 Å². The fourth-order valence-corrected chi connectivity index (χ4v) is 3.47. The lowest BCUT2D eigenvalue weighted by atomic mass is 10.1. The summed E-state index contributed by atoms with van der Waals surface area (Å²) < 4.78 is 5.41. The molecular weight excluding hydrogens is 500 g/mol. The van der Waals surface area contributed by atoms with E-state index in [0.29, 0.717) is 16.8 Å². The van der Waals surface area contributed by atoms with Crippen LogP contribution in [-0.2, 0) is 11.2 Å². The van der Waals surface area contributed by atoms with Crippen LogP contribution in [-0.4, -0.2) is 28.9 Å². The van der Waals surface area contributed by atoms with Gasteiger partial charge in [0.1, 0.15) is 5.75 Å². The van der Waals surface area contributed by atoms with Crippen molar-refractivity contribution in [2.75, 3.05) is 5.32 Å². The number of non-ortho nitro benzene ring substituents is 1. The molecule has 0 saturated carbocycles. The molecule has 0 aliphatic heterocycles. The van der Waals surface area contributed by atoms with Gasteiger partial charge in [-0.2, -0.15) is 5.10 Å². The van der Waals surface area contributed by atoms with E-state index < -0.39 is 16.8 Å². The van der Waals surface area contributed by atoms with Crippen molar-refractivity contribution in [3.05, 3.63) is 135 Å². The number of esters is 1. The number of rotatable bonds is 9. The van der Waals surface area contributed by atoms with Gasteiger partial charge in [-0.25, -0.2) is 10.2 Å². The van der Waals surface area contributed by atoms with E-state index in [-0.39, 0.29) is 29.3 Å². The maximum Gasteiger partial charge on any atom is 0.343 e. The highest BCUT2D eigenvalue weighted by atomic mass is 16.6. The number of nitro benzene ring substituents is 1. The van der Waals surface area contributed by atoms with Gasteiger partial charge in [0.25, 0.3) is 11.6 Å². The van der Waals surface area contributed by atoms with E-state index in [1.165, 1.54) is 30.5 Å². The molecule has 0 aromatic heterocycles. The highest BCUT2D eigenvalue weighted by Crippen LogP contribution is 2.19. The van der Waals surface area contributed by atoms with Crippen molar-refractivity contribution in [3.63, 3.8) is 0 Å². The van der Waals surface area contributed by atoms with Crippen LogP contribution in [0.1, 0.15) is 31.8 Å². The number of nitrogens with zero attached hydrogens (tertiary/aromatic N) is 2. The van der Waals surface area contributed by atoms with Gasteiger partial charge >= 0.3 is 5.97 Å². The van der Waals surface area contributed by atoms with Gasteiger partial charge in [0.15, 0.2) is 0 Å². The van der Waals surface area contributed by atoms with Gasteiger partial charge in [-0.3, -0.25) is 19.7 Å². The van der Waals surface area contributed by atoms with E-state index >= 15 is 0 Å². The summed E-state index contributed by atoms with van der Waals surface area (Å²) in [6.45, 7) is 0. The third-order valence-corrected chi connectivity index (χ3v) is 5.44. The zero-order chi connectivity index (χ0) is 27.6. The van der Waals surface area contributed by atoms with Crippen LogP contribution in [0.3, 0.4) is 0 Å². The molecule has 4 aromatic rings. The molecule has 4 aromatic carbocycles. The number of para-hydroxylation sites is 1. The predicted octanol–water partition coefficient (Wildman–Crippen LogP) is 4.76. The number of hydrogen-bond donors (Lipinski definition) is 2. The number of carbonyl (C=O) groups excluding carboxylic acids is 3. The highest BCUT2D eigenvalue weighted by Gasteiger charge is 2.13. The van der Waals surface area contributed by atoms with Crippen molar-refractivity contribution < 1.29 is 24.0 Å². The number of hydrogen-bond acceptors (Lipinski definition) is 7. The number of nitrogens with one attached hydrogen (secondary N) is 2. The second-order valence-electron chi connectivity index (χ2n) is 8.22. The number of anilines is 1. The van der Waals surface area contributed by atoms with Gasteiger partial charge in [-0.1, -0.05) is 42.5 Å². The van der Waals surface area contributed by atoms with Gasteiger partial charge in [0.05, 0.1) is 23.1 Å². The number of ether oxygens (including phenoxy) is 1. The van der Waals surface area contributed by atoms with Crippen LogP contribution in [0, 0.1) is 10.1 Å². The summed E-state index contributed by atoms with van der Waals surface area (Å²) in [5.74, 6) is -1.16. The molecule has 0 fully saturated rings. The molecule has 10 nitrogen and oxygen atoms in total. The second kappa shape index (κ2) is 12.5. The smallest absolute Gasteiger partial charge is 0.343 e. The quantitative estimate of drug-likeness (QED) is 0.107. The standard InChI is InChI=1S/C29H22N4O6/c34-27(18-20-6-2-1-3-7-20)31-24-14-10-21(11-15-24)28(35)32-30-19-23-8-4-5-9-26(23)39-29(36)22-12-16-25(17-13-22)33(37)38/h1-17,19H,18H2,(H,31,34)(H,32,35)/b30-19-. The fraction of sp³-hybridized carbons (Fsp3) is 0.0345. The van der Waals surface area contributed by atoms with Crippen LogP contribution in [0.2, 0.25) is 0 Å². The van der Waals surface area contributed by atoms with E-state index in [2.05, 4.69) is 15.8 Å². The summed E-state index contributed by atoms with van der Waals surface area (Å²) in [4.78, 5) is 47.4. The van der Waals surface area contributed by atoms with E-state index in [1.54, 1.807) is 48.5 Å². The second-order valence-corrected chi connectivity index (χ2v) is 8.22. The average molecular weight is 523 g/mol. The Kier molecular flexibility index (Phi) is 8.50. The summed E-state index contributed by atoms with van der Waals surface area (Å²) in [5, 5.41) is 17.5. The SMILES string of the molecule is O=C(Cc1ccccc1)Nc1ccc(C(=O)N/N=C\c2ccccc2OC(=O)c2ccc([N+](=O)[O-])cc2)cc1. The molecule has 0 unspecified atom stereocenters. The molecule has 0 aliphatic carbocycles. The van der Waals surface area contributed by atoms with Gasteiger partial charge in [0.2, 0.25) is 5.91 Å². The predicted molar refractivity (Wildman–Crippen MR) is 145 cm³/mol. The number of carbonyl (C=O) groups is 3. The minimum atomic E-state index is -0.703. The lowest BCUT2D eigenvalue weighted by molar-refractivity contribution is -0.384. The lowest BCUT2D eigenvalue weighted by Gasteiger charge is -2.08. The van der Waals surface area contributed by atoms with Gasteiger partial charge in [0, 0.05) is 28.9 Å². The summed E-state index contributed by atoms with van der Waals surface area (Å²) in [7, 11) is 0. The van der Waals surface area contributed by atoms with Gasteiger partial charge < -0.3 is 10.1 Å². The maximum absolute atomic E-state index is 12.5.